The van der Waals surface area contributed by atoms with Crippen molar-refractivity contribution in [1.29, 1.82) is 0 Å². The van der Waals surface area contributed by atoms with Gasteiger partial charge in [0.25, 0.3) is 0 Å². The predicted octanol–water partition coefficient (Wildman–Crippen LogP) is 3.11. The third-order valence-electron chi connectivity index (χ3n) is 4.22. The van der Waals surface area contributed by atoms with Gasteiger partial charge in [-0.3, -0.25) is 9.59 Å². The Hall–Kier alpha value is -3.47. The standard InChI is InChI=1S/C22H20NO4/c1-26-18-8-9-19(21(14-18)27-2)20(24)15-23-12-10-17(11-13-23)22(25)16-6-4-3-5-7-16/h3-14H,15H2,1-2H3/q+1. The number of aromatic nitrogens is 1. The first-order valence-electron chi connectivity index (χ1n) is 8.46. The van der Waals surface area contributed by atoms with Gasteiger partial charge in [-0.1, -0.05) is 30.3 Å². The van der Waals surface area contributed by atoms with E-state index in [-0.39, 0.29) is 18.1 Å². The maximum absolute atomic E-state index is 12.6. The molecular weight excluding hydrogens is 342 g/mol. The zero-order chi connectivity index (χ0) is 19.2. The van der Waals surface area contributed by atoms with Crippen LogP contribution in [0.5, 0.6) is 11.5 Å². The van der Waals surface area contributed by atoms with E-state index in [0.29, 0.717) is 28.2 Å². The molecular formula is C22H20NO4+. The highest BCUT2D eigenvalue weighted by Gasteiger charge is 2.18. The number of carbonyl (C=O) groups excluding carboxylic acids is 2. The van der Waals surface area contributed by atoms with Crippen LogP contribution in [0.15, 0.2) is 73.1 Å². The molecule has 27 heavy (non-hydrogen) atoms. The molecule has 3 rings (SSSR count). The Balaban J connectivity index is 1.75. The third-order valence-corrected chi connectivity index (χ3v) is 4.22. The number of ether oxygens (including phenoxy) is 2. The van der Waals surface area contributed by atoms with Gasteiger partial charge in [0, 0.05) is 29.3 Å². The van der Waals surface area contributed by atoms with Crippen molar-refractivity contribution in [2.24, 2.45) is 0 Å². The van der Waals surface area contributed by atoms with E-state index in [1.165, 1.54) is 7.11 Å². The topological polar surface area (TPSA) is 56.5 Å². The van der Waals surface area contributed by atoms with Crippen LogP contribution >= 0.6 is 0 Å². The summed E-state index contributed by atoms with van der Waals surface area (Å²) in [7, 11) is 3.08. The molecule has 0 unspecified atom stereocenters. The summed E-state index contributed by atoms with van der Waals surface area (Å²) in [5.41, 5.74) is 1.69. The van der Waals surface area contributed by atoms with E-state index in [9.17, 15) is 9.59 Å². The normalized spacial score (nSPS) is 10.3. The molecule has 0 aliphatic rings. The first kappa shape index (κ1) is 18.3. The van der Waals surface area contributed by atoms with Crippen molar-refractivity contribution in [2.75, 3.05) is 14.2 Å². The van der Waals surface area contributed by atoms with E-state index in [4.69, 9.17) is 9.47 Å². The predicted molar refractivity (Wildman–Crippen MR) is 100 cm³/mol. The zero-order valence-electron chi connectivity index (χ0n) is 15.2. The van der Waals surface area contributed by atoms with E-state index >= 15 is 0 Å². The summed E-state index contributed by atoms with van der Waals surface area (Å²) in [5, 5.41) is 0. The van der Waals surface area contributed by atoms with Gasteiger partial charge in [-0.05, 0) is 12.1 Å². The van der Waals surface area contributed by atoms with E-state index in [0.717, 1.165) is 0 Å². The van der Waals surface area contributed by atoms with Crippen molar-refractivity contribution in [3.05, 3.63) is 89.7 Å². The van der Waals surface area contributed by atoms with Gasteiger partial charge in [0.15, 0.2) is 18.2 Å². The van der Waals surface area contributed by atoms with Crippen LogP contribution < -0.4 is 14.0 Å². The first-order valence-corrected chi connectivity index (χ1v) is 8.46. The van der Waals surface area contributed by atoms with E-state index < -0.39 is 0 Å². The van der Waals surface area contributed by atoms with Crippen LogP contribution in [0, 0.1) is 0 Å². The Kier molecular flexibility index (Phi) is 5.61. The molecule has 0 amide bonds. The maximum atomic E-state index is 12.6. The smallest absolute Gasteiger partial charge is 0.231 e. The molecule has 0 fully saturated rings. The number of benzene rings is 2. The Morgan fingerprint density at radius 3 is 2.15 bits per heavy atom. The summed E-state index contributed by atoms with van der Waals surface area (Å²) in [6, 6.07) is 17.6. The van der Waals surface area contributed by atoms with Crippen LogP contribution in [0.25, 0.3) is 0 Å². The first-order chi connectivity index (χ1) is 13.1. The second-order valence-electron chi connectivity index (χ2n) is 5.94. The van der Waals surface area contributed by atoms with Crippen LogP contribution in [0.1, 0.15) is 26.3 Å². The molecule has 5 nitrogen and oxygen atoms in total. The maximum Gasteiger partial charge on any atom is 0.231 e. The summed E-state index contributed by atoms with van der Waals surface area (Å²) >= 11 is 0. The molecule has 0 atom stereocenters. The average molecular weight is 362 g/mol. The third kappa shape index (κ3) is 4.20. The minimum Gasteiger partial charge on any atom is -0.497 e. The molecule has 0 N–H and O–H groups in total. The number of pyridine rings is 1. The molecule has 0 saturated heterocycles. The molecule has 136 valence electrons. The number of methoxy groups -OCH3 is 2. The molecule has 1 aromatic heterocycles. The van der Waals surface area contributed by atoms with Crippen LogP contribution in [0.3, 0.4) is 0 Å². The van der Waals surface area contributed by atoms with Crippen LogP contribution in [-0.4, -0.2) is 25.8 Å². The summed E-state index contributed by atoms with van der Waals surface area (Å²) < 4.78 is 12.2. The number of ketones is 2. The fraction of sp³-hybridized carbons (Fsp3) is 0.136. The zero-order valence-corrected chi connectivity index (χ0v) is 15.2. The van der Waals surface area contributed by atoms with Crippen molar-refractivity contribution in [3.8, 4) is 11.5 Å². The lowest BCUT2D eigenvalue weighted by molar-refractivity contribution is -0.683. The second-order valence-corrected chi connectivity index (χ2v) is 5.94. The SMILES string of the molecule is COc1ccc(C(=O)C[n+]2ccc(C(=O)c3ccccc3)cc2)c(OC)c1. The molecule has 0 saturated carbocycles. The fourth-order valence-electron chi connectivity index (χ4n) is 2.75. The lowest BCUT2D eigenvalue weighted by atomic mass is 10.0. The molecule has 0 aliphatic heterocycles. The Bertz CT molecular complexity index is 950. The van der Waals surface area contributed by atoms with Crippen molar-refractivity contribution >= 4 is 11.6 Å². The number of hydrogen-bond donors (Lipinski definition) is 0. The summed E-state index contributed by atoms with van der Waals surface area (Å²) in [6.07, 6.45) is 3.45. The van der Waals surface area contributed by atoms with Gasteiger partial charge < -0.3 is 9.47 Å². The lowest BCUT2D eigenvalue weighted by Gasteiger charge is -2.08. The van der Waals surface area contributed by atoms with Crippen molar-refractivity contribution in [1.82, 2.24) is 0 Å². The van der Waals surface area contributed by atoms with Crippen molar-refractivity contribution in [3.63, 3.8) is 0 Å². The van der Waals surface area contributed by atoms with E-state index in [2.05, 4.69) is 0 Å². The second kappa shape index (κ2) is 8.27. The summed E-state index contributed by atoms with van der Waals surface area (Å²) in [6.45, 7) is 0.141. The highest BCUT2D eigenvalue weighted by Crippen LogP contribution is 2.24. The number of carbonyl (C=O) groups is 2. The minimum absolute atomic E-state index is 0.0501. The van der Waals surface area contributed by atoms with Crippen LogP contribution in [0.4, 0.5) is 0 Å². The molecule has 3 aromatic rings. The molecule has 0 bridgehead atoms. The molecule has 0 aliphatic carbocycles. The van der Waals surface area contributed by atoms with Gasteiger partial charge in [0.05, 0.1) is 19.8 Å². The monoisotopic (exact) mass is 362 g/mol. The molecule has 1 heterocycles. The summed E-state index contributed by atoms with van der Waals surface area (Å²) in [5.74, 6) is 0.947. The van der Waals surface area contributed by atoms with Crippen molar-refractivity contribution < 1.29 is 23.6 Å². The summed E-state index contributed by atoms with van der Waals surface area (Å²) in [4.78, 5) is 25.1. The number of Topliss-reactive ketones (excluding diaryl/α,β-unsaturated/α-hetero) is 1. The molecule has 5 heteroatoms. The van der Waals surface area contributed by atoms with Crippen LogP contribution in [0.2, 0.25) is 0 Å². The van der Waals surface area contributed by atoms with Gasteiger partial charge in [-0.25, -0.2) is 0 Å². The quantitative estimate of drug-likeness (QED) is 0.479. The van der Waals surface area contributed by atoms with Gasteiger partial charge in [0.2, 0.25) is 12.3 Å². The number of hydrogen-bond acceptors (Lipinski definition) is 4. The molecule has 0 radical (unpaired) electrons. The number of nitrogens with zero attached hydrogens (tertiary/aromatic N) is 1. The minimum atomic E-state index is -0.0957. The molecule has 2 aromatic carbocycles. The van der Waals surface area contributed by atoms with E-state index in [1.54, 1.807) is 66.5 Å². The Labute approximate surface area is 157 Å². The van der Waals surface area contributed by atoms with Crippen LogP contribution in [-0.2, 0) is 6.54 Å². The van der Waals surface area contributed by atoms with Gasteiger partial charge in [0.1, 0.15) is 11.5 Å². The lowest BCUT2D eigenvalue weighted by Crippen LogP contribution is -2.37. The highest BCUT2D eigenvalue weighted by atomic mass is 16.5. The molecule has 0 spiro atoms. The number of rotatable bonds is 7. The highest BCUT2D eigenvalue weighted by molar-refractivity contribution is 6.08. The van der Waals surface area contributed by atoms with Gasteiger partial charge in [-0.2, -0.15) is 4.57 Å². The van der Waals surface area contributed by atoms with E-state index in [1.807, 2.05) is 18.2 Å². The fourth-order valence-corrected chi connectivity index (χ4v) is 2.75. The van der Waals surface area contributed by atoms with Gasteiger partial charge in [-0.15, -0.1) is 0 Å². The van der Waals surface area contributed by atoms with Crippen molar-refractivity contribution in [2.45, 2.75) is 6.54 Å². The largest absolute Gasteiger partial charge is 0.497 e. The average Bonchev–Trinajstić information content (AvgIpc) is 2.73. The Morgan fingerprint density at radius 1 is 0.852 bits per heavy atom. The Morgan fingerprint density at radius 2 is 1.52 bits per heavy atom. The van der Waals surface area contributed by atoms with Gasteiger partial charge >= 0.3 is 0 Å².